The molecule has 1 fully saturated rings. The van der Waals surface area contributed by atoms with Crippen molar-refractivity contribution >= 4 is 17.2 Å². The summed E-state index contributed by atoms with van der Waals surface area (Å²) in [5.41, 5.74) is 5.24. The lowest BCUT2D eigenvalue weighted by molar-refractivity contribution is 0.0735. The van der Waals surface area contributed by atoms with Crippen LogP contribution >= 0.6 is 0 Å². The van der Waals surface area contributed by atoms with Crippen molar-refractivity contribution in [2.24, 2.45) is 13.0 Å². The van der Waals surface area contributed by atoms with Crippen LogP contribution in [0.25, 0.3) is 5.52 Å². The number of carbonyl (C=O) groups excluding carboxylic acids is 1. The number of aryl methyl sites for hydroxylation is 3. The van der Waals surface area contributed by atoms with E-state index in [1.807, 2.05) is 41.8 Å². The van der Waals surface area contributed by atoms with Crippen molar-refractivity contribution in [2.45, 2.75) is 33.1 Å². The topological polar surface area (TPSA) is 71.6 Å². The Balaban J connectivity index is 1.39. The van der Waals surface area contributed by atoms with Gasteiger partial charge in [0.2, 0.25) is 0 Å². The van der Waals surface area contributed by atoms with Gasteiger partial charge in [0, 0.05) is 51.2 Å². The van der Waals surface area contributed by atoms with Crippen LogP contribution in [0.15, 0.2) is 18.5 Å². The highest BCUT2D eigenvalue weighted by atomic mass is 16.2. The number of nitrogens with zero attached hydrogens (tertiary/aromatic N) is 7. The molecule has 0 saturated carbocycles. The number of hydrogen-bond donors (Lipinski definition) is 0. The van der Waals surface area contributed by atoms with Crippen LogP contribution < -0.4 is 4.90 Å². The van der Waals surface area contributed by atoms with E-state index in [-0.39, 0.29) is 5.91 Å². The van der Waals surface area contributed by atoms with Crippen LogP contribution in [0, 0.1) is 12.8 Å². The zero-order valence-corrected chi connectivity index (χ0v) is 17.3. The van der Waals surface area contributed by atoms with Crippen molar-refractivity contribution < 1.29 is 4.79 Å². The highest BCUT2D eigenvalue weighted by Gasteiger charge is 2.28. The van der Waals surface area contributed by atoms with Gasteiger partial charge in [-0.05, 0) is 38.2 Å². The van der Waals surface area contributed by atoms with E-state index < -0.39 is 0 Å². The van der Waals surface area contributed by atoms with Gasteiger partial charge in [0.15, 0.2) is 5.82 Å². The van der Waals surface area contributed by atoms with Crippen LogP contribution in [-0.4, -0.2) is 61.4 Å². The highest BCUT2D eigenvalue weighted by Crippen LogP contribution is 2.32. The molecule has 4 heterocycles. The molecular formula is C21H27N7O. The summed E-state index contributed by atoms with van der Waals surface area (Å²) in [4.78, 5) is 21.8. The Hall–Kier alpha value is -2.90. The first-order chi connectivity index (χ1) is 14.0. The molecule has 0 N–H and O–H groups in total. The molecule has 152 valence electrons. The van der Waals surface area contributed by atoms with Gasteiger partial charge in [-0.1, -0.05) is 6.92 Å². The number of aromatic nitrogens is 5. The minimum Gasteiger partial charge on any atom is -0.351 e. The molecule has 1 atom stereocenters. The minimum atomic E-state index is 0.0504. The molecule has 1 amide bonds. The number of anilines is 1. The average Bonchev–Trinajstić information content (AvgIpc) is 3.26. The number of carbonyl (C=O) groups is 1. The third kappa shape index (κ3) is 3.07. The molecule has 5 rings (SSSR count). The van der Waals surface area contributed by atoms with Crippen LogP contribution in [0.5, 0.6) is 0 Å². The summed E-state index contributed by atoms with van der Waals surface area (Å²) < 4.78 is 3.67. The Labute approximate surface area is 170 Å². The van der Waals surface area contributed by atoms with Gasteiger partial charge in [0.05, 0.1) is 11.4 Å². The van der Waals surface area contributed by atoms with Crippen molar-refractivity contribution in [3.8, 4) is 0 Å². The Morgan fingerprint density at radius 1 is 1.17 bits per heavy atom. The molecule has 3 aromatic heterocycles. The second kappa shape index (κ2) is 6.86. The van der Waals surface area contributed by atoms with Crippen molar-refractivity contribution in [1.29, 1.82) is 0 Å². The van der Waals surface area contributed by atoms with Crippen molar-refractivity contribution in [3.05, 3.63) is 41.1 Å². The largest absolute Gasteiger partial charge is 0.351 e. The first-order valence-corrected chi connectivity index (χ1v) is 10.4. The Morgan fingerprint density at radius 3 is 2.69 bits per heavy atom. The van der Waals surface area contributed by atoms with E-state index in [1.165, 1.54) is 17.7 Å². The van der Waals surface area contributed by atoms with Gasteiger partial charge < -0.3 is 9.80 Å². The third-order valence-electron chi connectivity index (χ3n) is 6.22. The standard InChI is InChI=1S/C21H27N7O/c1-14-4-5-17-16(12-14)19-20(22-6-7-28(19)24-17)26-8-10-27(11-9-26)21(29)18-13-15(2)23-25(18)3/h6-7,13-14H,4-5,8-12H2,1-3H3. The summed E-state index contributed by atoms with van der Waals surface area (Å²) in [6, 6.07) is 1.86. The second-order valence-electron chi connectivity index (χ2n) is 8.39. The molecule has 1 saturated heterocycles. The first-order valence-electron chi connectivity index (χ1n) is 10.4. The molecule has 8 nitrogen and oxygen atoms in total. The number of rotatable bonds is 2. The second-order valence-corrected chi connectivity index (χ2v) is 8.39. The summed E-state index contributed by atoms with van der Waals surface area (Å²) in [5.74, 6) is 1.73. The molecule has 3 aromatic rings. The van der Waals surface area contributed by atoms with Crippen molar-refractivity contribution in [2.75, 3.05) is 31.1 Å². The Morgan fingerprint density at radius 2 is 1.97 bits per heavy atom. The van der Waals surface area contributed by atoms with E-state index in [1.54, 1.807) is 4.68 Å². The molecule has 1 unspecified atom stereocenters. The van der Waals surface area contributed by atoms with Gasteiger partial charge in [-0.25, -0.2) is 9.50 Å². The molecule has 0 radical (unpaired) electrons. The van der Waals surface area contributed by atoms with Gasteiger partial charge in [-0.2, -0.15) is 10.2 Å². The predicted molar refractivity (Wildman–Crippen MR) is 110 cm³/mol. The molecule has 0 spiro atoms. The lowest BCUT2D eigenvalue weighted by Crippen LogP contribution is -2.49. The van der Waals surface area contributed by atoms with Gasteiger partial charge >= 0.3 is 0 Å². The Kier molecular flexibility index (Phi) is 4.29. The minimum absolute atomic E-state index is 0.0504. The highest BCUT2D eigenvalue weighted by molar-refractivity contribution is 5.93. The molecule has 8 heteroatoms. The summed E-state index contributed by atoms with van der Waals surface area (Å²) in [6.07, 6.45) is 7.10. The van der Waals surface area contributed by atoms with Crippen LogP contribution in [0.4, 0.5) is 5.82 Å². The normalized spacial score (nSPS) is 19.6. The fourth-order valence-corrected chi connectivity index (χ4v) is 4.66. The van der Waals surface area contributed by atoms with E-state index in [4.69, 9.17) is 10.1 Å². The summed E-state index contributed by atoms with van der Waals surface area (Å²) in [7, 11) is 1.82. The quantitative estimate of drug-likeness (QED) is 0.665. The zero-order valence-electron chi connectivity index (χ0n) is 17.3. The van der Waals surface area contributed by atoms with Gasteiger partial charge in [0.1, 0.15) is 11.2 Å². The van der Waals surface area contributed by atoms with Gasteiger partial charge in [0.25, 0.3) is 5.91 Å². The molecule has 1 aliphatic heterocycles. The predicted octanol–water partition coefficient (Wildman–Crippen LogP) is 1.86. The number of fused-ring (bicyclic) bond motifs is 3. The van der Waals surface area contributed by atoms with Gasteiger partial charge in [-0.3, -0.25) is 9.48 Å². The first kappa shape index (κ1) is 18.1. The summed E-state index contributed by atoms with van der Waals surface area (Å²) in [6.45, 7) is 7.12. The van der Waals surface area contributed by atoms with Crippen LogP contribution in [0.2, 0.25) is 0 Å². The molecule has 2 aliphatic rings. The SMILES string of the molecule is Cc1cc(C(=O)N2CCN(c3nccn4nc5c(c34)CC(C)CC5)CC2)n(C)n1. The molecule has 1 aliphatic carbocycles. The van der Waals surface area contributed by atoms with Crippen LogP contribution in [0.3, 0.4) is 0 Å². The number of piperazine rings is 1. The molecule has 29 heavy (non-hydrogen) atoms. The summed E-state index contributed by atoms with van der Waals surface area (Å²) >= 11 is 0. The van der Waals surface area contributed by atoms with E-state index in [0.29, 0.717) is 24.7 Å². The maximum absolute atomic E-state index is 12.9. The van der Waals surface area contributed by atoms with E-state index >= 15 is 0 Å². The van der Waals surface area contributed by atoms with E-state index in [9.17, 15) is 4.79 Å². The lowest BCUT2D eigenvalue weighted by Gasteiger charge is -2.35. The summed E-state index contributed by atoms with van der Waals surface area (Å²) in [5, 5.41) is 9.12. The fraction of sp³-hybridized carbons (Fsp3) is 0.524. The fourth-order valence-electron chi connectivity index (χ4n) is 4.66. The smallest absolute Gasteiger partial charge is 0.272 e. The molecule has 0 aromatic carbocycles. The average molecular weight is 393 g/mol. The van der Waals surface area contributed by atoms with Crippen LogP contribution in [0.1, 0.15) is 40.8 Å². The maximum atomic E-state index is 12.9. The third-order valence-corrected chi connectivity index (χ3v) is 6.22. The van der Waals surface area contributed by atoms with Gasteiger partial charge in [-0.15, -0.1) is 0 Å². The van der Waals surface area contributed by atoms with Crippen molar-refractivity contribution in [3.63, 3.8) is 0 Å². The van der Waals surface area contributed by atoms with Crippen LogP contribution in [-0.2, 0) is 19.9 Å². The Bertz CT molecular complexity index is 1070. The maximum Gasteiger partial charge on any atom is 0.272 e. The lowest BCUT2D eigenvalue weighted by atomic mass is 9.88. The monoisotopic (exact) mass is 393 g/mol. The van der Waals surface area contributed by atoms with Crippen molar-refractivity contribution in [1.82, 2.24) is 29.3 Å². The number of hydrogen-bond acceptors (Lipinski definition) is 5. The molecular weight excluding hydrogens is 366 g/mol. The van der Waals surface area contributed by atoms with E-state index in [0.717, 1.165) is 43.0 Å². The zero-order chi connectivity index (χ0) is 20.1. The number of amides is 1. The molecule has 0 bridgehead atoms. The van der Waals surface area contributed by atoms with E-state index in [2.05, 4.69) is 16.9 Å².